The van der Waals surface area contributed by atoms with E-state index in [0.717, 1.165) is 0 Å². The van der Waals surface area contributed by atoms with Crippen LogP contribution in [0.3, 0.4) is 0 Å². The van der Waals surface area contributed by atoms with Crippen molar-refractivity contribution in [3.8, 4) is 11.5 Å². The molecule has 5 nitrogen and oxygen atoms in total. The maximum atomic E-state index is 11.3. The van der Waals surface area contributed by atoms with Gasteiger partial charge in [0.25, 0.3) is 0 Å². The Morgan fingerprint density at radius 3 is 2.79 bits per heavy atom. The van der Waals surface area contributed by atoms with Crippen LogP contribution in [0, 0.1) is 0 Å². The number of rotatable bonds is 3. The first-order valence-electron chi connectivity index (χ1n) is 5.62. The van der Waals surface area contributed by atoms with Gasteiger partial charge in [-0.2, -0.15) is 0 Å². The normalized spacial score (nSPS) is 13.6. The van der Waals surface area contributed by atoms with E-state index >= 15 is 0 Å². The van der Waals surface area contributed by atoms with E-state index in [0.29, 0.717) is 22.8 Å². The highest BCUT2D eigenvalue weighted by molar-refractivity contribution is 6.20. The summed E-state index contributed by atoms with van der Waals surface area (Å²) in [6.07, 6.45) is 2.96. The zero-order valence-electron chi connectivity index (χ0n) is 9.83. The Morgan fingerprint density at radius 1 is 1.21 bits per heavy atom. The second-order valence-electron chi connectivity index (χ2n) is 3.95. The van der Waals surface area contributed by atoms with Gasteiger partial charge in [-0.25, -0.2) is 4.79 Å². The first-order valence-corrected chi connectivity index (χ1v) is 5.62. The summed E-state index contributed by atoms with van der Waals surface area (Å²) in [5.74, 6) is 0.612. The molecule has 0 spiro atoms. The minimum absolute atomic E-state index is 0.133. The second kappa shape index (κ2) is 4.53. The van der Waals surface area contributed by atoms with Crippen LogP contribution in [-0.4, -0.2) is 17.9 Å². The highest BCUT2D eigenvalue weighted by Gasteiger charge is 2.17. The van der Waals surface area contributed by atoms with E-state index in [2.05, 4.69) is 0 Å². The molecule has 0 saturated carbocycles. The van der Waals surface area contributed by atoms with E-state index in [-0.39, 0.29) is 12.4 Å². The van der Waals surface area contributed by atoms with Crippen LogP contribution in [0.2, 0.25) is 0 Å². The molecule has 1 aliphatic heterocycles. The van der Waals surface area contributed by atoms with E-state index in [9.17, 15) is 9.90 Å². The molecule has 0 atom stereocenters. The second-order valence-corrected chi connectivity index (χ2v) is 3.95. The van der Waals surface area contributed by atoms with Crippen LogP contribution in [0.4, 0.5) is 0 Å². The zero-order chi connectivity index (χ0) is 13.2. The average Bonchev–Trinajstić information content (AvgIpc) is 3.05. The molecule has 1 aliphatic rings. The van der Waals surface area contributed by atoms with Crippen molar-refractivity contribution < 1.29 is 23.8 Å². The molecule has 0 saturated heterocycles. The van der Waals surface area contributed by atoms with E-state index in [1.54, 1.807) is 30.3 Å². The van der Waals surface area contributed by atoms with Crippen molar-refractivity contribution in [3.63, 3.8) is 0 Å². The number of carbonyl (C=O) groups is 1. The number of hydrogen-bond donors (Lipinski definition) is 1. The summed E-state index contributed by atoms with van der Waals surface area (Å²) in [6, 6.07) is 8.40. The Morgan fingerprint density at radius 2 is 2.05 bits per heavy atom. The van der Waals surface area contributed by atoms with E-state index < -0.39 is 5.97 Å². The van der Waals surface area contributed by atoms with Crippen LogP contribution < -0.4 is 9.47 Å². The quantitative estimate of drug-likeness (QED) is 0.857. The van der Waals surface area contributed by atoms with Gasteiger partial charge in [0.1, 0.15) is 5.76 Å². The topological polar surface area (TPSA) is 68.9 Å². The number of hydrogen-bond acceptors (Lipinski definition) is 4. The third-order valence-corrected chi connectivity index (χ3v) is 2.74. The molecule has 3 rings (SSSR count). The Hall–Kier alpha value is -2.69. The van der Waals surface area contributed by atoms with E-state index in [1.165, 1.54) is 12.3 Å². The molecule has 1 N–H and O–H groups in total. The van der Waals surface area contributed by atoms with Crippen LogP contribution in [0.5, 0.6) is 11.5 Å². The summed E-state index contributed by atoms with van der Waals surface area (Å²) in [4.78, 5) is 11.3. The summed E-state index contributed by atoms with van der Waals surface area (Å²) in [6.45, 7) is 0.156. The largest absolute Gasteiger partial charge is 0.478 e. The van der Waals surface area contributed by atoms with Crippen LogP contribution in [0.15, 0.2) is 41.0 Å². The number of ether oxygens (including phenoxy) is 2. The lowest BCUT2D eigenvalue weighted by atomic mass is 10.0. The standard InChI is InChI=1S/C14H10O5/c15-14(16)11(7-10-2-1-5-17-10)9-3-4-12-13(6-9)19-8-18-12/h1-7H,8H2,(H,15,16)/b11-7+. The van der Waals surface area contributed by atoms with Gasteiger partial charge in [-0.3, -0.25) is 0 Å². The predicted molar refractivity (Wildman–Crippen MR) is 66.8 cm³/mol. The minimum atomic E-state index is -1.03. The highest BCUT2D eigenvalue weighted by Crippen LogP contribution is 2.34. The Bertz CT molecular complexity index is 640. The lowest BCUT2D eigenvalue weighted by Crippen LogP contribution is -1.99. The number of carboxylic acid groups (broad SMARTS) is 1. The van der Waals surface area contributed by atoms with Crippen molar-refractivity contribution in [1.82, 2.24) is 0 Å². The lowest BCUT2D eigenvalue weighted by Gasteiger charge is -2.03. The predicted octanol–water partition coefficient (Wildman–Crippen LogP) is 2.63. The number of furan rings is 1. The molecule has 19 heavy (non-hydrogen) atoms. The van der Waals surface area contributed by atoms with Gasteiger partial charge in [0, 0.05) is 0 Å². The fraction of sp³-hybridized carbons (Fsp3) is 0.0714. The summed E-state index contributed by atoms with van der Waals surface area (Å²) in [5, 5.41) is 9.29. The molecule has 5 heteroatoms. The zero-order valence-corrected chi connectivity index (χ0v) is 9.83. The van der Waals surface area contributed by atoms with Gasteiger partial charge < -0.3 is 19.0 Å². The van der Waals surface area contributed by atoms with Gasteiger partial charge in [0.05, 0.1) is 11.8 Å². The van der Waals surface area contributed by atoms with Gasteiger partial charge in [0.2, 0.25) is 6.79 Å². The molecule has 2 heterocycles. The van der Waals surface area contributed by atoms with Crippen molar-refractivity contribution in [2.24, 2.45) is 0 Å². The van der Waals surface area contributed by atoms with Gasteiger partial charge >= 0.3 is 5.97 Å². The molecule has 1 aromatic carbocycles. The lowest BCUT2D eigenvalue weighted by molar-refractivity contribution is -0.130. The van der Waals surface area contributed by atoms with Gasteiger partial charge in [0.15, 0.2) is 11.5 Å². The minimum Gasteiger partial charge on any atom is -0.478 e. The number of benzene rings is 1. The number of carboxylic acids is 1. The molecule has 1 aromatic heterocycles. The van der Waals surface area contributed by atoms with Gasteiger partial charge in [-0.1, -0.05) is 6.07 Å². The third kappa shape index (κ3) is 2.18. The smallest absolute Gasteiger partial charge is 0.336 e. The maximum Gasteiger partial charge on any atom is 0.336 e. The van der Waals surface area contributed by atoms with Gasteiger partial charge in [-0.05, 0) is 35.9 Å². The Kier molecular flexibility index (Phi) is 2.72. The van der Waals surface area contributed by atoms with Crippen molar-refractivity contribution in [2.75, 3.05) is 6.79 Å². The molecule has 2 aromatic rings. The van der Waals surface area contributed by atoms with Crippen LogP contribution >= 0.6 is 0 Å². The van der Waals surface area contributed by atoms with Crippen molar-refractivity contribution in [2.45, 2.75) is 0 Å². The van der Waals surface area contributed by atoms with Crippen LogP contribution in [0.1, 0.15) is 11.3 Å². The summed E-state index contributed by atoms with van der Waals surface area (Å²) in [5.41, 5.74) is 0.668. The molecular formula is C14H10O5. The number of aliphatic carboxylic acids is 1. The van der Waals surface area contributed by atoms with E-state index in [1.807, 2.05) is 0 Å². The molecule has 0 fully saturated rings. The fourth-order valence-corrected chi connectivity index (χ4v) is 1.85. The molecule has 0 unspecified atom stereocenters. The maximum absolute atomic E-state index is 11.3. The molecule has 0 amide bonds. The first kappa shape index (κ1) is 11.4. The summed E-state index contributed by atoms with van der Waals surface area (Å²) in [7, 11) is 0. The molecule has 0 aliphatic carbocycles. The Labute approximate surface area is 108 Å². The van der Waals surface area contributed by atoms with E-state index in [4.69, 9.17) is 13.9 Å². The molecular weight excluding hydrogens is 248 g/mol. The highest BCUT2D eigenvalue weighted by atomic mass is 16.7. The molecule has 0 radical (unpaired) electrons. The van der Waals surface area contributed by atoms with Gasteiger partial charge in [-0.15, -0.1) is 0 Å². The van der Waals surface area contributed by atoms with Crippen molar-refractivity contribution >= 4 is 17.6 Å². The molecule has 0 bridgehead atoms. The summed E-state index contributed by atoms with van der Waals surface area (Å²) >= 11 is 0. The Balaban J connectivity index is 2.04. The van der Waals surface area contributed by atoms with Crippen molar-refractivity contribution in [3.05, 3.63) is 47.9 Å². The SMILES string of the molecule is O=C(O)/C(=C/c1ccco1)c1ccc2c(c1)OCO2. The average molecular weight is 258 g/mol. The summed E-state index contributed by atoms with van der Waals surface area (Å²) < 4.78 is 15.6. The van der Waals surface area contributed by atoms with Crippen molar-refractivity contribution in [1.29, 1.82) is 0 Å². The first-order chi connectivity index (χ1) is 9.24. The fourth-order valence-electron chi connectivity index (χ4n) is 1.85. The van der Waals surface area contributed by atoms with Crippen LogP contribution in [-0.2, 0) is 4.79 Å². The number of fused-ring (bicyclic) bond motifs is 1. The molecule has 96 valence electrons. The monoisotopic (exact) mass is 258 g/mol. The third-order valence-electron chi connectivity index (χ3n) is 2.74. The van der Waals surface area contributed by atoms with Crippen LogP contribution in [0.25, 0.3) is 11.6 Å².